The average molecular weight is 371 g/mol. The van der Waals surface area contributed by atoms with Crippen molar-refractivity contribution in [2.75, 3.05) is 10.6 Å². The third-order valence-electron chi connectivity index (χ3n) is 3.84. The summed E-state index contributed by atoms with van der Waals surface area (Å²) in [6, 6.07) is 10.4. The number of aryl methyl sites for hydroxylation is 1. The molecular formula is C18H15F2N5O2. The fourth-order valence-electron chi connectivity index (χ4n) is 2.52. The fourth-order valence-corrected chi connectivity index (χ4v) is 2.52. The van der Waals surface area contributed by atoms with E-state index < -0.39 is 22.2 Å². The highest BCUT2D eigenvalue weighted by molar-refractivity contribution is 5.77. The maximum atomic E-state index is 13.4. The molecular weight excluding hydrogens is 356 g/mol. The van der Waals surface area contributed by atoms with E-state index in [1.807, 2.05) is 19.1 Å². The monoisotopic (exact) mass is 371 g/mol. The normalized spacial score (nSPS) is 10.5. The van der Waals surface area contributed by atoms with Crippen LogP contribution in [0.25, 0.3) is 0 Å². The lowest BCUT2D eigenvalue weighted by atomic mass is 10.1. The van der Waals surface area contributed by atoms with Crippen molar-refractivity contribution in [1.29, 1.82) is 0 Å². The molecule has 0 fully saturated rings. The van der Waals surface area contributed by atoms with Crippen LogP contribution in [0.3, 0.4) is 0 Å². The van der Waals surface area contributed by atoms with Gasteiger partial charge in [-0.25, -0.2) is 18.7 Å². The van der Waals surface area contributed by atoms with Crippen molar-refractivity contribution in [1.82, 2.24) is 9.97 Å². The Morgan fingerprint density at radius 2 is 1.74 bits per heavy atom. The van der Waals surface area contributed by atoms with Gasteiger partial charge in [-0.2, -0.15) is 0 Å². The summed E-state index contributed by atoms with van der Waals surface area (Å²) < 4.78 is 26.5. The number of anilines is 4. The lowest BCUT2D eigenvalue weighted by molar-refractivity contribution is -0.383. The van der Waals surface area contributed by atoms with Crippen LogP contribution in [0.1, 0.15) is 12.5 Å². The van der Waals surface area contributed by atoms with E-state index in [2.05, 4.69) is 20.6 Å². The Kier molecular flexibility index (Phi) is 5.20. The van der Waals surface area contributed by atoms with Gasteiger partial charge in [0, 0.05) is 17.4 Å². The van der Waals surface area contributed by atoms with Crippen LogP contribution in [-0.2, 0) is 6.42 Å². The molecule has 27 heavy (non-hydrogen) atoms. The second-order valence-electron chi connectivity index (χ2n) is 5.57. The first-order valence-electron chi connectivity index (χ1n) is 8.06. The van der Waals surface area contributed by atoms with Gasteiger partial charge < -0.3 is 10.6 Å². The molecule has 9 heteroatoms. The molecule has 0 saturated carbocycles. The second-order valence-corrected chi connectivity index (χ2v) is 5.57. The Hall–Kier alpha value is -3.62. The Labute approximate surface area is 153 Å². The molecule has 2 aromatic carbocycles. The van der Waals surface area contributed by atoms with Crippen molar-refractivity contribution >= 4 is 28.7 Å². The standard InChI is InChI=1S/C18H15F2N5O2/c1-2-11-5-3-4-6-15(11)24-18-16(25(26)27)17(21-10-22-18)23-12-7-8-13(19)14(20)9-12/h3-10H,2H2,1H3,(H2,21,22,23,24). The highest BCUT2D eigenvalue weighted by Gasteiger charge is 2.24. The number of halogens is 2. The molecule has 138 valence electrons. The summed E-state index contributed by atoms with van der Waals surface area (Å²) in [6.45, 7) is 1.96. The van der Waals surface area contributed by atoms with Crippen molar-refractivity contribution in [3.05, 3.63) is 76.1 Å². The average Bonchev–Trinajstić information content (AvgIpc) is 2.65. The lowest BCUT2D eigenvalue weighted by Crippen LogP contribution is -2.06. The molecule has 1 heterocycles. The minimum absolute atomic E-state index is 0.0130. The number of nitro groups is 1. The van der Waals surface area contributed by atoms with Gasteiger partial charge in [-0.15, -0.1) is 0 Å². The zero-order valence-electron chi connectivity index (χ0n) is 14.2. The smallest absolute Gasteiger partial charge is 0.334 e. The number of benzene rings is 2. The summed E-state index contributed by atoms with van der Waals surface area (Å²) >= 11 is 0. The molecule has 0 saturated heterocycles. The van der Waals surface area contributed by atoms with Crippen LogP contribution >= 0.6 is 0 Å². The third-order valence-corrected chi connectivity index (χ3v) is 3.84. The van der Waals surface area contributed by atoms with Crippen LogP contribution in [-0.4, -0.2) is 14.9 Å². The van der Waals surface area contributed by atoms with E-state index in [1.165, 1.54) is 6.07 Å². The molecule has 0 atom stereocenters. The lowest BCUT2D eigenvalue weighted by Gasteiger charge is -2.12. The second kappa shape index (κ2) is 7.73. The summed E-state index contributed by atoms with van der Waals surface area (Å²) in [7, 11) is 0. The largest absolute Gasteiger partial charge is 0.353 e. The summed E-state index contributed by atoms with van der Waals surface area (Å²) in [5.74, 6) is -2.25. The summed E-state index contributed by atoms with van der Waals surface area (Å²) in [4.78, 5) is 18.8. The zero-order valence-corrected chi connectivity index (χ0v) is 14.2. The predicted octanol–water partition coefficient (Wildman–Crippen LogP) is 4.71. The van der Waals surface area contributed by atoms with Gasteiger partial charge in [0.25, 0.3) is 0 Å². The SMILES string of the molecule is CCc1ccccc1Nc1ncnc(Nc2ccc(F)c(F)c2)c1[N+](=O)[O-]. The molecule has 2 N–H and O–H groups in total. The maximum Gasteiger partial charge on any atom is 0.353 e. The van der Waals surface area contributed by atoms with Crippen LogP contribution in [0.2, 0.25) is 0 Å². The Morgan fingerprint density at radius 1 is 1.04 bits per heavy atom. The molecule has 3 rings (SSSR count). The molecule has 1 aromatic heterocycles. The van der Waals surface area contributed by atoms with Gasteiger partial charge in [0.05, 0.1) is 4.92 Å². The predicted molar refractivity (Wildman–Crippen MR) is 97.4 cm³/mol. The van der Waals surface area contributed by atoms with Gasteiger partial charge in [0.2, 0.25) is 11.6 Å². The number of aromatic nitrogens is 2. The maximum absolute atomic E-state index is 13.4. The van der Waals surface area contributed by atoms with Crippen molar-refractivity contribution in [3.63, 3.8) is 0 Å². The van der Waals surface area contributed by atoms with Crippen LogP contribution in [0, 0.1) is 21.7 Å². The van der Waals surface area contributed by atoms with Gasteiger partial charge >= 0.3 is 5.69 Å². The van der Waals surface area contributed by atoms with E-state index in [0.717, 1.165) is 30.4 Å². The minimum atomic E-state index is -1.08. The number of nitrogens with zero attached hydrogens (tertiary/aromatic N) is 3. The van der Waals surface area contributed by atoms with Gasteiger partial charge in [0.1, 0.15) is 6.33 Å². The van der Waals surface area contributed by atoms with Crippen molar-refractivity contribution in [2.24, 2.45) is 0 Å². The third kappa shape index (κ3) is 3.97. The van der Waals surface area contributed by atoms with E-state index in [-0.39, 0.29) is 17.3 Å². The van der Waals surface area contributed by atoms with Crippen molar-refractivity contribution < 1.29 is 13.7 Å². The first-order valence-corrected chi connectivity index (χ1v) is 8.06. The Bertz CT molecular complexity index is 997. The molecule has 0 radical (unpaired) electrons. The molecule has 3 aromatic rings. The number of para-hydroxylation sites is 1. The van der Waals surface area contributed by atoms with Crippen LogP contribution in [0.4, 0.5) is 37.5 Å². The van der Waals surface area contributed by atoms with E-state index in [4.69, 9.17) is 0 Å². The summed E-state index contributed by atoms with van der Waals surface area (Å²) in [5.41, 5.74) is 1.35. The summed E-state index contributed by atoms with van der Waals surface area (Å²) in [5, 5.41) is 17.2. The van der Waals surface area contributed by atoms with Gasteiger partial charge in [-0.3, -0.25) is 10.1 Å². The number of rotatable bonds is 6. The minimum Gasteiger partial charge on any atom is -0.334 e. The molecule has 0 unspecified atom stereocenters. The first kappa shape index (κ1) is 18.2. The van der Waals surface area contributed by atoms with Gasteiger partial charge in [0.15, 0.2) is 11.6 Å². The Morgan fingerprint density at radius 3 is 2.41 bits per heavy atom. The molecule has 0 bridgehead atoms. The highest BCUT2D eigenvalue weighted by atomic mass is 19.2. The number of hydrogen-bond donors (Lipinski definition) is 2. The Balaban J connectivity index is 1.99. The molecule has 0 aliphatic rings. The van der Waals surface area contributed by atoms with Gasteiger partial charge in [-0.1, -0.05) is 25.1 Å². The molecule has 0 aliphatic carbocycles. The van der Waals surface area contributed by atoms with Crippen molar-refractivity contribution in [2.45, 2.75) is 13.3 Å². The molecule has 7 nitrogen and oxygen atoms in total. The van der Waals surface area contributed by atoms with Crippen molar-refractivity contribution in [3.8, 4) is 0 Å². The topological polar surface area (TPSA) is 93.0 Å². The van der Waals surface area contributed by atoms with E-state index in [1.54, 1.807) is 12.1 Å². The van der Waals surface area contributed by atoms with E-state index >= 15 is 0 Å². The van der Waals surface area contributed by atoms with Crippen LogP contribution in [0.5, 0.6) is 0 Å². The first-order chi connectivity index (χ1) is 13.0. The zero-order chi connectivity index (χ0) is 19.4. The summed E-state index contributed by atoms with van der Waals surface area (Å²) in [6.07, 6.45) is 1.87. The quantitative estimate of drug-likeness (QED) is 0.481. The van der Waals surface area contributed by atoms with E-state index in [9.17, 15) is 18.9 Å². The molecule has 0 aliphatic heterocycles. The fraction of sp³-hybridized carbons (Fsp3) is 0.111. The number of hydrogen-bond acceptors (Lipinski definition) is 6. The van der Waals surface area contributed by atoms with Crippen LogP contribution in [0.15, 0.2) is 48.8 Å². The van der Waals surface area contributed by atoms with E-state index in [0.29, 0.717) is 5.69 Å². The number of nitrogens with one attached hydrogen (secondary N) is 2. The molecule has 0 amide bonds. The molecule has 0 spiro atoms. The highest BCUT2D eigenvalue weighted by Crippen LogP contribution is 2.33. The van der Waals surface area contributed by atoms with Gasteiger partial charge in [-0.05, 0) is 30.2 Å². The van der Waals surface area contributed by atoms with Crippen LogP contribution < -0.4 is 10.6 Å².